The monoisotopic (exact) mass is 428 g/mol. The quantitative estimate of drug-likeness (QED) is 0.219. The van der Waals surface area contributed by atoms with Crippen LogP contribution < -0.4 is 20.9 Å². The topological polar surface area (TPSA) is 70.5 Å². The number of hydrogen-bond donors (Lipinski definition) is 2. The zero-order valence-corrected chi connectivity index (χ0v) is 19.0. The maximum absolute atomic E-state index is 6.31. The summed E-state index contributed by atoms with van der Waals surface area (Å²) in [5.41, 5.74) is 15.8. The van der Waals surface area contributed by atoms with E-state index in [9.17, 15) is 0 Å². The summed E-state index contributed by atoms with van der Waals surface area (Å²) < 4.78 is 12.6. The van der Waals surface area contributed by atoms with Crippen LogP contribution in [0.3, 0.4) is 0 Å². The number of unbranched alkanes of at least 4 members (excludes halogenated alkanes) is 2. The Morgan fingerprint density at radius 2 is 1.03 bits per heavy atom. The second-order valence-corrected chi connectivity index (χ2v) is 8.24. The zero-order chi connectivity index (χ0) is 22.5. The van der Waals surface area contributed by atoms with Crippen molar-refractivity contribution in [2.75, 3.05) is 24.7 Å². The summed E-state index contributed by atoms with van der Waals surface area (Å²) >= 11 is 0. The second kappa shape index (κ2) is 9.82. The lowest BCUT2D eigenvalue weighted by Crippen LogP contribution is -2.02. The van der Waals surface area contributed by atoms with Gasteiger partial charge >= 0.3 is 0 Å². The molecule has 4 N–H and O–H groups in total. The summed E-state index contributed by atoms with van der Waals surface area (Å²) in [5, 5.41) is 4.35. The van der Waals surface area contributed by atoms with Crippen molar-refractivity contribution in [1.29, 1.82) is 0 Å². The van der Waals surface area contributed by atoms with Crippen molar-refractivity contribution in [2.24, 2.45) is 0 Å². The van der Waals surface area contributed by atoms with E-state index in [0.29, 0.717) is 13.2 Å². The molecule has 0 fully saturated rings. The summed E-state index contributed by atoms with van der Waals surface area (Å²) in [4.78, 5) is 0. The van der Waals surface area contributed by atoms with Gasteiger partial charge < -0.3 is 20.9 Å². The van der Waals surface area contributed by atoms with E-state index in [2.05, 4.69) is 50.2 Å². The van der Waals surface area contributed by atoms with Crippen LogP contribution >= 0.6 is 0 Å². The molecule has 0 bridgehead atoms. The Morgan fingerprint density at radius 1 is 0.594 bits per heavy atom. The van der Waals surface area contributed by atoms with Gasteiger partial charge in [0.05, 0.1) is 13.2 Å². The molecule has 0 radical (unpaired) electrons. The van der Waals surface area contributed by atoms with Crippen LogP contribution in [-0.2, 0) is 0 Å². The molecule has 0 amide bonds. The molecule has 0 aliphatic heterocycles. The highest BCUT2D eigenvalue weighted by atomic mass is 16.5. The Balaban J connectivity index is 2.01. The number of nitrogens with two attached hydrogens (primary N) is 2. The van der Waals surface area contributed by atoms with Crippen LogP contribution in [0.15, 0.2) is 60.7 Å². The minimum Gasteiger partial charge on any atom is -0.493 e. The Morgan fingerprint density at radius 3 is 1.44 bits per heavy atom. The Kier molecular flexibility index (Phi) is 6.69. The van der Waals surface area contributed by atoms with Crippen molar-refractivity contribution in [3.63, 3.8) is 0 Å². The third kappa shape index (κ3) is 4.45. The first-order valence-corrected chi connectivity index (χ1v) is 11.5. The Bertz CT molecular complexity index is 1140. The smallest absolute Gasteiger partial charge is 0.127 e. The summed E-state index contributed by atoms with van der Waals surface area (Å²) in [6, 6.07) is 20.3. The van der Waals surface area contributed by atoms with Gasteiger partial charge in [-0.25, -0.2) is 0 Å². The van der Waals surface area contributed by atoms with E-state index in [0.717, 1.165) is 81.2 Å². The van der Waals surface area contributed by atoms with Gasteiger partial charge in [-0.15, -0.1) is 0 Å². The minimum atomic E-state index is 0.674. The molecule has 4 aromatic carbocycles. The molecule has 0 aromatic heterocycles. The van der Waals surface area contributed by atoms with Gasteiger partial charge in [0.2, 0.25) is 0 Å². The predicted molar refractivity (Wildman–Crippen MR) is 137 cm³/mol. The van der Waals surface area contributed by atoms with Crippen molar-refractivity contribution in [3.05, 3.63) is 60.7 Å². The minimum absolute atomic E-state index is 0.674. The summed E-state index contributed by atoms with van der Waals surface area (Å²) in [6.07, 6.45) is 4.17. The molecule has 0 unspecified atom stereocenters. The summed E-state index contributed by atoms with van der Waals surface area (Å²) in [6.45, 7) is 5.69. The lowest BCUT2D eigenvalue weighted by Gasteiger charge is -2.20. The molecule has 0 saturated heterocycles. The average Bonchev–Trinajstić information content (AvgIpc) is 2.79. The molecule has 0 aliphatic rings. The van der Waals surface area contributed by atoms with Gasteiger partial charge in [-0.2, -0.15) is 0 Å². The molecule has 0 saturated carbocycles. The van der Waals surface area contributed by atoms with E-state index < -0.39 is 0 Å². The fourth-order valence-electron chi connectivity index (χ4n) is 4.07. The van der Waals surface area contributed by atoms with Crippen LogP contribution in [0.2, 0.25) is 0 Å². The van der Waals surface area contributed by atoms with Crippen molar-refractivity contribution < 1.29 is 9.47 Å². The maximum atomic E-state index is 6.31. The third-order valence-electron chi connectivity index (χ3n) is 5.77. The first-order valence-electron chi connectivity index (χ1n) is 11.5. The van der Waals surface area contributed by atoms with E-state index >= 15 is 0 Å². The second-order valence-electron chi connectivity index (χ2n) is 8.24. The van der Waals surface area contributed by atoms with Gasteiger partial charge in [0.25, 0.3) is 0 Å². The van der Waals surface area contributed by atoms with Crippen LogP contribution in [-0.4, -0.2) is 13.2 Å². The van der Waals surface area contributed by atoms with Crippen molar-refractivity contribution in [2.45, 2.75) is 39.5 Å². The molecule has 0 atom stereocenters. The van der Waals surface area contributed by atoms with Crippen LogP contribution in [0, 0.1) is 0 Å². The molecular weight excluding hydrogens is 396 g/mol. The molecule has 4 nitrogen and oxygen atoms in total. The number of fused-ring (bicyclic) bond motifs is 2. The molecule has 4 rings (SSSR count). The van der Waals surface area contributed by atoms with Crippen molar-refractivity contribution in [1.82, 2.24) is 0 Å². The number of rotatable bonds is 9. The summed E-state index contributed by atoms with van der Waals surface area (Å²) in [7, 11) is 0. The van der Waals surface area contributed by atoms with E-state index in [1.165, 1.54) is 0 Å². The molecule has 0 heterocycles. The van der Waals surface area contributed by atoms with Gasteiger partial charge in [-0.05, 0) is 70.8 Å². The molecule has 4 aromatic rings. The highest BCUT2D eigenvalue weighted by Crippen LogP contribution is 2.46. The SMILES string of the molecule is CCCCOc1ccc2cc(N)ccc2c1-c1c(OCCCC)ccc2cc(N)ccc12. The molecule has 0 spiro atoms. The van der Waals surface area contributed by atoms with Crippen molar-refractivity contribution in [3.8, 4) is 22.6 Å². The van der Waals surface area contributed by atoms with Gasteiger partial charge in [0.1, 0.15) is 11.5 Å². The van der Waals surface area contributed by atoms with Gasteiger partial charge in [-0.3, -0.25) is 0 Å². The van der Waals surface area contributed by atoms with Crippen LogP contribution in [0.5, 0.6) is 11.5 Å². The lowest BCUT2D eigenvalue weighted by atomic mass is 9.92. The normalized spacial score (nSPS) is 11.2. The number of benzene rings is 4. The first kappa shape index (κ1) is 21.8. The number of anilines is 2. The fourth-order valence-corrected chi connectivity index (χ4v) is 4.07. The number of nitrogen functional groups attached to an aromatic ring is 2. The van der Waals surface area contributed by atoms with Crippen LogP contribution in [0.1, 0.15) is 39.5 Å². The van der Waals surface area contributed by atoms with Gasteiger partial charge in [-0.1, -0.05) is 51.0 Å². The summed E-state index contributed by atoms with van der Waals surface area (Å²) in [5.74, 6) is 1.72. The Hall–Kier alpha value is -3.40. The van der Waals surface area contributed by atoms with E-state index in [1.54, 1.807) is 0 Å². The van der Waals surface area contributed by atoms with Gasteiger partial charge in [0, 0.05) is 22.5 Å². The molecular formula is C28H32N2O2. The Labute approximate surface area is 190 Å². The highest BCUT2D eigenvalue weighted by Gasteiger charge is 2.19. The first-order chi connectivity index (χ1) is 15.6. The third-order valence-corrected chi connectivity index (χ3v) is 5.77. The fraction of sp³-hybridized carbons (Fsp3) is 0.286. The van der Waals surface area contributed by atoms with Crippen LogP contribution in [0.4, 0.5) is 11.4 Å². The number of ether oxygens (including phenoxy) is 2. The number of hydrogen-bond acceptors (Lipinski definition) is 4. The largest absolute Gasteiger partial charge is 0.493 e. The van der Waals surface area contributed by atoms with E-state index in [4.69, 9.17) is 20.9 Å². The predicted octanol–water partition coefficient (Wildman–Crippen LogP) is 7.18. The van der Waals surface area contributed by atoms with Crippen LogP contribution in [0.25, 0.3) is 32.7 Å². The molecule has 4 heteroatoms. The lowest BCUT2D eigenvalue weighted by molar-refractivity contribution is 0.306. The maximum Gasteiger partial charge on any atom is 0.127 e. The van der Waals surface area contributed by atoms with Crippen molar-refractivity contribution >= 4 is 32.9 Å². The van der Waals surface area contributed by atoms with Gasteiger partial charge in [0.15, 0.2) is 0 Å². The highest BCUT2D eigenvalue weighted by molar-refractivity contribution is 6.10. The standard InChI is InChI=1S/C28H32N2O2/c1-3-5-15-31-25-13-7-19-17-21(29)9-11-23(19)27(25)28-24-12-10-22(30)18-20(24)8-14-26(28)32-16-6-4-2/h7-14,17-18H,3-6,15-16,29-30H2,1-2H3. The van der Waals surface area contributed by atoms with E-state index in [1.807, 2.05) is 24.3 Å². The van der Waals surface area contributed by atoms with E-state index in [-0.39, 0.29) is 0 Å². The molecule has 32 heavy (non-hydrogen) atoms. The zero-order valence-electron chi connectivity index (χ0n) is 19.0. The average molecular weight is 429 g/mol. The molecule has 0 aliphatic carbocycles. The molecule has 166 valence electrons.